The second-order valence-electron chi connectivity index (χ2n) is 8.22. The van der Waals surface area contributed by atoms with Crippen molar-refractivity contribution in [3.63, 3.8) is 0 Å². The van der Waals surface area contributed by atoms with Crippen LogP contribution in [0.4, 0.5) is 15.8 Å². The minimum Gasteiger partial charge on any atom is -0.369 e. The Balaban J connectivity index is 1.46. The van der Waals surface area contributed by atoms with E-state index in [0.717, 1.165) is 11.8 Å². The van der Waals surface area contributed by atoms with E-state index in [2.05, 4.69) is 30.1 Å². The summed E-state index contributed by atoms with van der Waals surface area (Å²) in [5.41, 5.74) is 3.62. The Hall–Kier alpha value is -2.94. The summed E-state index contributed by atoms with van der Waals surface area (Å²) in [5.74, 6) is -1.37. The van der Waals surface area contributed by atoms with Crippen LogP contribution in [-0.2, 0) is 10.0 Å². The number of nitrogens with one attached hydrogen (secondary N) is 1. The highest BCUT2D eigenvalue weighted by Crippen LogP contribution is 2.27. The molecule has 1 saturated heterocycles. The number of amides is 1. The Morgan fingerprint density at radius 1 is 0.971 bits per heavy atom. The largest absolute Gasteiger partial charge is 0.369 e. The van der Waals surface area contributed by atoms with Gasteiger partial charge in [0, 0.05) is 42.5 Å². The van der Waals surface area contributed by atoms with Crippen molar-refractivity contribution in [1.29, 1.82) is 0 Å². The summed E-state index contributed by atoms with van der Waals surface area (Å²) in [7, 11) is -3.87. The second-order valence-corrected chi connectivity index (χ2v) is 10.6. The zero-order valence-electron chi connectivity index (χ0n) is 18.9. The lowest BCUT2D eigenvalue weighted by molar-refractivity contribution is 0.102. The fourth-order valence-electron chi connectivity index (χ4n) is 3.98. The molecule has 1 amide bonds. The van der Waals surface area contributed by atoms with Crippen molar-refractivity contribution < 1.29 is 17.6 Å². The number of aryl methyl sites for hydroxylation is 1. The molecule has 3 aromatic rings. The van der Waals surface area contributed by atoms with E-state index in [1.807, 2.05) is 12.1 Å². The molecule has 1 aliphatic rings. The third kappa shape index (κ3) is 4.94. The molecule has 3 aromatic carbocycles. The molecular formula is C25H25ClFN3O3S. The third-order valence-corrected chi connectivity index (χ3v) is 8.20. The van der Waals surface area contributed by atoms with Gasteiger partial charge in [-0.05, 0) is 67.4 Å². The molecule has 1 heterocycles. The number of rotatable bonds is 5. The maximum absolute atomic E-state index is 14.7. The molecule has 0 radical (unpaired) electrons. The first-order valence-corrected chi connectivity index (χ1v) is 12.7. The molecule has 0 bridgehead atoms. The van der Waals surface area contributed by atoms with E-state index in [0.29, 0.717) is 31.2 Å². The Morgan fingerprint density at radius 3 is 2.35 bits per heavy atom. The van der Waals surface area contributed by atoms with Crippen LogP contribution in [0.1, 0.15) is 21.5 Å². The zero-order chi connectivity index (χ0) is 24.5. The van der Waals surface area contributed by atoms with Gasteiger partial charge in [0.15, 0.2) is 0 Å². The van der Waals surface area contributed by atoms with Gasteiger partial charge in [0.25, 0.3) is 5.91 Å². The molecule has 9 heteroatoms. The average molecular weight is 502 g/mol. The molecule has 4 rings (SSSR count). The number of anilines is 2. The number of halogens is 2. The maximum atomic E-state index is 14.7. The van der Waals surface area contributed by atoms with Crippen LogP contribution < -0.4 is 10.2 Å². The predicted molar refractivity (Wildman–Crippen MR) is 133 cm³/mol. The van der Waals surface area contributed by atoms with Gasteiger partial charge in [-0.3, -0.25) is 4.79 Å². The SMILES string of the molecule is Cc1cccc(N2CCN(S(=O)(=O)c3ccc(NC(=O)c4cccc(Cl)c4)c(F)c3)CC2)c1C. The summed E-state index contributed by atoms with van der Waals surface area (Å²) in [6.07, 6.45) is 0. The minimum atomic E-state index is -3.87. The van der Waals surface area contributed by atoms with Gasteiger partial charge in [-0.25, -0.2) is 12.8 Å². The summed E-state index contributed by atoms with van der Waals surface area (Å²) >= 11 is 5.90. The maximum Gasteiger partial charge on any atom is 0.255 e. The van der Waals surface area contributed by atoms with Crippen molar-refractivity contribution in [2.45, 2.75) is 18.7 Å². The highest BCUT2D eigenvalue weighted by Gasteiger charge is 2.29. The van der Waals surface area contributed by atoms with Crippen molar-refractivity contribution in [1.82, 2.24) is 4.31 Å². The van der Waals surface area contributed by atoms with E-state index < -0.39 is 21.7 Å². The molecule has 0 unspecified atom stereocenters. The van der Waals surface area contributed by atoms with Gasteiger partial charge in [-0.15, -0.1) is 0 Å². The van der Waals surface area contributed by atoms with E-state index in [-0.39, 0.29) is 16.1 Å². The Labute approximate surface area is 204 Å². The first-order valence-electron chi connectivity index (χ1n) is 10.8. The van der Waals surface area contributed by atoms with Crippen molar-refractivity contribution >= 4 is 38.9 Å². The lowest BCUT2D eigenvalue weighted by atomic mass is 10.1. The Kier molecular flexibility index (Phi) is 6.93. The highest BCUT2D eigenvalue weighted by molar-refractivity contribution is 7.89. The predicted octanol–water partition coefficient (Wildman–Crippen LogP) is 4.86. The molecule has 1 fully saturated rings. The van der Waals surface area contributed by atoms with Crippen molar-refractivity contribution in [3.05, 3.63) is 88.2 Å². The van der Waals surface area contributed by atoms with Crippen LogP contribution in [0.5, 0.6) is 0 Å². The molecule has 6 nitrogen and oxygen atoms in total. The molecular weight excluding hydrogens is 477 g/mol. The van der Waals surface area contributed by atoms with Gasteiger partial charge < -0.3 is 10.2 Å². The topological polar surface area (TPSA) is 69.7 Å². The first-order chi connectivity index (χ1) is 16.2. The number of carbonyl (C=O) groups excluding carboxylic acids is 1. The quantitative estimate of drug-likeness (QED) is 0.542. The molecule has 0 spiro atoms. The number of carbonyl (C=O) groups is 1. The molecule has 1 aliphatic heterocycles. The average Bonchev–Trinajstić information content (AvgIpc) is 2.82. The fourth-order valence-corrected chi connectivity index (χ4v) is 5.60. The van der Waals surface area contributed by atoms with Gasteiger partial charge >= 0.3 is 0 Å². The van der Waals surface area contributed by atoms with Crippen molar-refractivity contribution in [2.24, 2.45) is 0 Å². The van der Waals surface area contributed by atoms with E-state index in [1.165, 1.54) is 33.6 Å². The number of nitrogens with zero attached hydrogens (tertiary/aromatic N) is 2. The van der Waals surface area contributed by atoms with Gasteiger partial charge in [0.1, 0.15) is 5.82 Å². The summed E-state index contributed by atoms with van der Waals surface area (Å²) in [6, 6.07) is 15.9. The van der Waals surface area contributed by atoms with E-state index in [1.54, 1.807) is 18.2 Å². The van der Waals surface area contributed by atoms with E-state index in [9.17, 15) is 17.6 Å². The van der Waals surface area contributed by atoms with E-state index >= 15 is 0 Å². The number of sulfonamides is 1. The molecule has 0 aliphatic carbocycles. The molecule has 0 aromatic heterocycles. The molecule has 0 saturated carbocycles. The van der Waals surface area contributed by atoms with Crippen LogP contribution in [0, 0.1) is 19.7 Å². The van der Waals surface area contributed by atoms with Crippen LogP contribution in [0.25, 0.3) is 0 Å². The van der Waals surface area contributed by atoms with Gasteiger partial charge in [0.05, 0.1) is 10.6 Å². The third-order valence-electron chi connectivity index (χ3n) is 6.07. The summed E-state index contributed by atoms with van der Waals surface area (Å²) in [4.78, 5) is 14.4. The van der Waals surface area contributed by atoms with Crippen molar-refractivity contribution in [2.75, 3.05) is 36.4 Å². The van der Waals surface area contributed by atoms with Gasteiger partial charge in [-0.1, -0.05) is 29.8 Å². The fraction of sp³-hybridized carbons (Fsp3) is 0.240. The number of hydrogen-bond acceptors (Lipinski definition) is 4. The van der Waals surface area contributed by atoms with Crippen LogP contribution in [0.2, 0.25) is 5.02 Å². The summed E-state index contributed by atoms with van der Waals surface area (Å²) in [6.45, 7) is 5.78. The normalized spacial score (nSPS) is 14.8. The van der Waals surface area contributed by atoms with E-state index in [4.69, 9.17) is 11.6 Å². The molecule has 34 heavy (non-hydrogen) atoms. The van der Waals surface area contributed by atoms with Crippen molar-refractivity contribution in [3.8, 4) is 0 Å². The molecule has 178 valence electrons. The van der Waals surface area contributed by atoms with Crippen LogP contribution >= 0.6 is 11.6 Å². The number of piperazine rings is 1. The number of hydrogen-bond donors (Lipinski definition) is 1. The Morgan fingerprint density at radius 2 is 1.68 bits per heavy atom. The van der Waals surface area contributed by atoms with Gasteiger partial charge in [0.2, 0.25) is 10.0 Å². The zero-order valence-corrected chi connectivity index (χ0v) is 20.5. The first kappa shape index (κ1) is 24.2. The smallest absolute Gasteiger partial charge is 0.255 e. The monoisotopic (exact) mass is 501 g/mol. The molecule has 1 N–H and O–H groups in total. The molecule has 0 atom stereocenters. The summed E-state index contributed by atoms with van der Waals surface area (Å²) in [5, 5.41) is 2.84. The highest BCUT2D eigenvalue weighted by atomic mass is 35.5. The summed E-state index contributed by atoms with van der Waals surface area (Å²) < 4.78 is 42.4. The van der Waals surface area contributed by atoms with Crippen LogP contribution in [0.3, 0.4) is 0 Å². The number of benzene rings is 3. The van der Waals surface area contributed by atoms with Crippen LogP contribution in [0.15, 0.2) is 65.6 Å². The van der Waals surface area contributed by atoms with Gasteiger partial charge in [-0.2, -0.15) is 4.31 Å². The lowest BCUT2D eigenvalue weighted by Gasteiger charge is -2.36. The Bertz CT molecular complexity index is 1340. The second kappa shape index (κ2) is 9.74. The minimum absolute atomic E-state index is 0.108. The lowest BCUT2D eigenvalue weighted by Crippen LogP contribution is -2.48. The van der Waals surface area contributed by atoms with Crippen LogP contribution in [-0.4, -0.2) is 44.8 Å². The standard InChI is InChI=1S/C25H25ClFN3O3S/c1-17-5-3-8-24(18(17)2)29-11-13-30(14-12-29)34(32,33)21-9-10-23(22(27)16-21)28-25(31)19-6-4-7-20(26)15-19/h3-10,15-16H,11-14H2,1-2H3,(H,28,31).